The highest BCUT2D eigenvalue weighted by Crippen LogP contribution is 2.04. The second-order valence-corrected chi connectivity index (χ2v) is 3.39. The van der Waals surface area contributed by atoms with Crippen LogP contribution in [-0.2, 0) is 16.1 Å². The Morgan fingerprint density at radius 2 is 2.33 bits per heavy atom. The molecule has 2 rings (SSSR count). The van der Waals surface area contributed by atoms with Gasteiger partial charge in [0.25, 0.3) is 0 Å². The maximum atomic E-state index is 11.4. The molecule has 1 saturated heterocycles. The van der Waals surface area contributed by atoms with E-state index in [9.17, 15) is 9.59 Å². The van der Waals surface area contributed by atoms with E-state index in [1.54, 1.807) is 12.4 Å². The predicted octanol–water partition coefficient (Wildman–Crippen LogP) is -0.460. The van der Waals surface area contributed by atoms with Gasteiger partial charge in [0.2, 0.25) is 11.8 Å². The van der Waals surface area contributed by atoms with E-state index in [1.165, 1.54) is 4.90 Å². The summed E-state index contributed by atoms with van der Waals surface area (Å²) < 4.78 is 0. The lowest BCUT2D eigenvalue weighted by atomic mass is 10.2. The molecule has 0 aliphatic carbocycles. The first-order valence-corrected chi connectivity index (χ1v) is 4.69. The van der Waals surface area contributed by atoms with Gasteiger partial charge in [0.1, 0.15) is 0 Å². The molecule has 1 aliphatic heterocycles. The molecule has 1 aliphatic rings. The molecule has 0 saturated carbocycles. The molecule has 1 fully saturated rings. The van der Waals surface area contributed by atoms with Crippen LogP contribution in [0.4, 0.5) is 0 Å². The Hall–Kier alpha value is -1.91. The van der Waals surface area contributed by atoms with Crippen molar-refractivity contribution in [3.8, 4) is 0 Å². The molecule has 15 heavy (non-hydrogen) atoms. The van der Waals surface area contributed by atoms with E-state index in [1.807, 2.05) is 12.1 Å². The fraction of sp³-hybridized carbons (Fsp3) is 0.300. The van der Waals surface area contributed by atoms with Crippen LogP contribution in [0.15, 0.2) is 24.5 Å². The summed E-state index contributed by atoms with van der Waals surface area (Å²) in [6.07, 6.45) is 3.37. The van der Waals surface area contributed by atoms with Gasteiger partial charge in [-0.25, -0.2) is 0 Å². The molecule has 2 amide bonds. The van der Waals surface area contributed by atoms with E-state index in [2.05, 4.69) is 10.3 Å². The summed E-state index contributed by atoms with van der Waals surface area (Å²) in [4.78, 5) is 28.0. The number of nitrogens with one attached hydrogen (secondary N) is 1. The molecule has 1 aromatic rings. The normalized spacial score (nSPS) is 16.4. The van der Waals surface area contributed by atoms with Crippen molar-refractivity contribution >= 4 is 11.8 Å². The molecule has 0 radical (unpaired) electrons. The molecule has 1 aromatic heterocycles. The number of hydrogen-bond acceptors (Lipinski definition) is 3. The second kappa shape index (κ2) is 4.08. The topological polar surface area (TPSA) is 62.3 Å². The van der Waals surface area contributed by atoms with Crippen LogP contribution in [0.5, 0.6) is 0 Å². The lowest BCUT2D eigenvalue weighted by molar-refractivity contribution is -0.141. The molecule has 1 N–H and O–H groups in total. The number of pyridine rings is 1. The molecule has 78 valence electrons. The Balaban J connectivity index is 2.05. The average Bonchev–Trinajstić information content (AvgIpc) is 2.25. The number of piperazine rings is 1. The van der Waals surface area contributed by atoms with Gasteiger partial charge in [-0.05, 0) is 11.6 Å². The van der Waals surface area contributed by atoms with Crippen molar-refractivity contribution < 1.29 is 9.59 Å². The summed E-state index contributed by atoms with van der Waals surface area (Å²) in [5, 5.41) is 2.50. The lowest BCUT2D eigenvalue weighted by Crippen LogP contribution is -2.50. The molecular weight excluding hydrogens is 194 g/mol. The standard InChI is InChI=1S/C10H11N3O2/c14-9-7-13(10(15)5-12-9)6-8-2-1-3-11-4-8/h1-4H,5-7H2,(H,12,14). The van der Waals surface area contributed by atoms with Crippen molar-refractivity contribution in [1.29, 1.82) is 0 Å². The lowest BCUT2D eigenvalue weighted by Gasteiger charge is -2.26. The zero-order chi connectivity index (χ0) is 10.7. The van der Waals surface area contributed by atoms with Gasteiger partial charge in [-0.15, -0.1) is 0 Å². The molecule has 0 atom stereocenters. The molecule has 0 unspecified atom stereocenters. The molecule has 5 nitrogen and oxygen atoms in total. The van der Waals surface area contributed by atoms with Gasteiger partial charge in [-0.3, -0.25) is 14.6 Å². The monoisotopic (exact) mass is 205 g/mol. The minimum atomic E-state index is -0.113. The van der Waals surface area contributed by atoms with Crippen LogP contribution in [-0.4, -0.2) is 34.8 Å². The molecule has 2 heterocycles. The van der Waals surface area contributed by atoms with Crippen LogP contribution >= 0.6 is 0 Å². The summed E-state index contributed by atoms with van der Waals surface area (Å²) in [5.74, 6) is -0.169. The SMILES string of the molecule is O=C1CN(Cc2cccnc2)C(=O)CN1. The highest BCUT2D eigenvalue weighted by atomic mass is 16.2. The highest BCUT2D eigenvalue weighted by Gasteiger charge is 2.22. The maximum absolute atomic E-state index is 11.4. The fourth-order valence-electron chi connectivity index (χ4n) is 1.46. The predicted molar refractivity (Wildman–Crippen MR) is 52.7 cm³/mol. The number of rotatable bonds is 2. The largest absolute Gasteiger partial charge is 0.345 e. The first-order valence-electron chi connectivity index (χ1n) is 4.69. The summed E-state index contributed by atoms with van der Waals surface area (Å²) in [5.41, 5.74) is 0.931. The zero-order valence-corrected chi connectivity index (χ0v) is 8.14. The Morgan fingerprint density at radius 1 is 1.47 bits per heavy atom. The van der Waals surface area contributed by atoms with Gasteiger partial charge in [0, 0.05) is 18.9 Å². The molecule has 0 aromatic carbocycles. The van der Waals surface area contributed by atoms with Crippen LogP contribution < -0.4 is 5.32 Å². The number of carbonyl (C=O) groups excluding carboxylic acids is 2. The van der Waals surface area contributed by atoms with E-state index >= 15 is 0 Å². The van der Waals surface area contributed by atoms with Crippen LogP contribution in [0.2, 0.25) is 0 Å². The summed E-state index contributed by atoms with van der Waals surface area (Å²) in [7, 11) is 0. The van der Waals surface area contributed by atoms with E-state index in [4.69, 9.17) is 0 Å². The minimum Gasteiger partial charge on any atom is -0.345 e. The minimum absolute atomic E-state index is 0.0570. The van der Waals surface area contributed by atoms with Crippen LogP contribution in [0.1, 0.15) is 5.56 Å². The van der Waals surface area contributed by atoms with E-state index in [0.717, 1.165) is 5.56 Å². The average molecular weight is 205 g/mol. The third-order valence-corrected chi connectivity index (χ3v) is 2.22. The quantitative estimate of drug-likeness (QED) is 0.710. The van der Waals surface area contributed by atoms with Crippen LogP contribution in [0.3, 0.4) is 0 Å². The first kappa shape index (κ1) is 9.64. The Morgan fingerprint density at radius 3 is 3.07 bits per heavy atom. The number of nitrogens with zero attached hydrogens (tertiary/aromatic N) is 2. The second-order valence-electron chi connectivity index (χ2n) is 3.39. The highest BCUT2D eigenvalue weighted by molar-refractivity contribution is 5.92. The van der Waals surface area contributed by atoms with Gasteiger partial charge < -0.3 is 10.2 Å². The van der Waals surface area contributed by atoms with Gasteiger partial charge >= 0.3 is 0 Å². The molecule has 0 spiro atoms. The van der Waals surface area contributed by atoms with Crippen molar-refractivity contribution in [2.45, 2.75) is 6.54 Å². The van der Waals surface area contributed by atoms with E-state index in [0.29, 0.717) is 6.54 Å². The van der Waals surface area contributed by atoms with Crippen molar-refractivity contribution in [1.82, 2.24) is 15.2 Å². The third kappa shape index (κ3) is 2.31. The van der Waals surface area contributed by atoms with E-state index < -0.39 is 0 Å². The van der Waals surface area contributed by atoms with Crippen LogP contribution in [0, 0.1) is 0 Å². The number of amides is 2. The van der Waals surface area contributed by atoms with Gasteiger partial charge in [0.05, 0.1) is 13.1 Å². The Kier molecular flexibility index (Phi) is 2.62. The first-order chi connectivity index (χ1) is 7.25. The zero-order valence-electron chi connectivity index (χ0n) is 8.14. The molecule has 0 bridgehead atoms. The number of aromatic nitrogens is 1. The van der Waals surface area contributed by atoms with E-state index in [-0.39, 0.29) is 24.9 Å². The maximum Gasteiger partial charge on any atom is 0.242 e. The van der Waals surface area contributed by atoms with Crippen LogP contribution in [0.25, 0.3) is 0 Å². The molecule has 5 heteroatoms. The van der Waals surface area contributed by atoms with Crippen molar-refractivity contribution in [3.05, 3.63) is 30.1 Å². The van der Waals surface area contributed by atoms with Crippen molar-refractivity contribution in [2.24, 2.45) is 0 Å². The smallest absolute Gasteiger partial charge is 0.242 e. The summed E-state index contributed by atoms with van der Waals surface area (Å²) >= 11 is 0. The number of hydrogen-bond donors (Lipinski definition) is 1. The summed E-state index contributed by atoms with van der Waals surface area (Å²) in [6.45, 7) is 0.674. The number of carbonyl (C=O) groups is 2. The van der Waals surface area contributed by atoms with Crippen molar-refractivity contribution in [3.63, 3.8) is 0 Å². The third-order valence-electron chi connectivity index (χ3n) is 2.22. The molecular formula is C10H11N3O2. The Labute approximate surface area is 87.1 Å². The van der Waals surface area contributed by atoms with Gasteiger partial charge in [-0.2, -0.15) is 0 Å². The van der Waals surface area contributed by atoms with Gasteiger partial charge in [0.15, 0.2) is 0 Å². The van der Waals surface area contributed by atoms with Crippen molar-refractivity contribution in [2.75, 3.05) is 13.1 Å². The summed E-state index contributed by atoms with van der Waals surface area (Å²) in [6, 6.07) is 3.69. The fourth-order valence-corrected chi connectivity index (χ4v) is 1.46. The van der Waals surface area contributed by atoms with Gasteiger partial charge in [-0.1, -0.05) is 6.07 Å². The Bertz CT molecular complexity index is 378.